The first-order valence-electron chi connectivity index (χ1n) is 12.4. The molecule has 5 rings (SSSR count). The third-order valence-electron chi connectivity index (χ3n) is 7.13. The van der Waals surface area contributed by atoms with Crippen molar-refractivity contribution in [2.75, 3.05) is 57.9 Å². The van der Waals surface area contributed by atoms with Crippen molar-refractivity contribution < 1.29 is 4.74 Å². The van der Waals surface area contributed by atoms with Crippen LogP contribution in [0.25, 0.3) is 11.0 Å². The van der Waals surface area contributed by atoms with Crippen molar-refractivity contribution >= 4 is 22.8 Å². The lowest BCUT2D eigenvalue weighted by Crippen LogP contribution is -2.70. The van der Waals surface area contributed by atoms with E-state index in [9.17, 15) is 0 Å². The fourth-order valence-electron chi connectivity index (χ4n) is 5.73. The third-order valence-corrected chi connectivity index (χ3v) is 7.13. The highest BCUT2D eigenvalue weighted by Gasteiger charge is 2.49. The van der Waals surface area contributed by atoms with E-state index in [4.69, 9.17) is 10.5 Å². The summed E-state index contributed by atoms with van der Waals surface area (Å²) in [5, 5.41) is 3.47. The second kappa shape index (κ2) is 9.43. The van der Waals surface area contributed by atoms with Crippen LogP contribution in [0.2, 0.25) is 0 Å². The van der Waals surface area contributed by atoms with Crippen LogP contribution in [0.1, 0.15) is 37.3 Å². The molecule has 0 saturated carbocycles. The van der Waals surface area contributed by atoms with E-state index < -0.39 is 0 Å². The number of methoxy groups -OCH3 is 1. The van der Waals surface area contributed by atoms with Gasteiger partial charge in [-0.1, -0.05) is 31.9 Å². The molecule has 0 bridgehead atoms. The zero-order chi connectivity index (χ0) is 23.7. The Balaban J connectivity index is 1.31. The number of unbranched alkanes of at least 4 members (excludes halogenated alkanes) is 2. The number of ether oxygens (including phenoxy) is 1. The van der Waals surface area contributed by atoms with Gasteiger partial charge in [0.25, 0.3) is 0 Å². The van der Waals surface area contributed by atoms with Gasteiger partial charge in [-0.25, -0.2) is 4.98 Å². The first kappa shape index (κ1) is 22.9. The monoisotopic (exact) mass is 463 g/mol. The molecule has 0 amide bonds. The highest BCUT2D eigenvalue weighted by atomic mass is 16.5. The Morgan fingerprint density at radius 1 is 1.09 bits per heavy atom. The smallest absolute Gasteiger partial charge is 0.222 e. The van der Waals surface area contributed by atoms with Crippen molar-refractivity contribution in [1.29, 1.82) is 0 Å². The van der Waals surface area contributed by atoms with Crippen molar-refractivity contribution in [1.82, 2.24) is 24.3 Å². The lowest BCUT2D eigenvalue weighted by Gasteiger charge is -2.59. The Kier molecular flexibility index (Phi) is 6.36. The number of fused-ring (bicyclic) bond motifs is 1. The number of nitrogen functional groups attached to an aromatic ring is 1. The molecule has 8 heteroatoms. The molecule has 3 aromatic rings. The van der Waals surface area contributed by atoms with E-state index in [1.807, 2.05) is 6.07 Å². The number of aromatic nitrogens is 3. The predicted molar refractivity (Wildman–Crippen MR) is 137 cm³/mol. The quantitative estimate of drug-likeness (QED) is 0.446. The maximum Gasteiger partial charge on any atom is 0.222 e. The van der Waals surface area contributed by atoms with Gasteiger partial charge < -0.3 is 25.3 Å². The Morgan fingerprint density at radius 2 is 1.91 bits per heavy atom. The van der Waals surface area contributed by atoms with Crippen molar-refractivity contribution in [3.63, 3.8) is 0 Å². The van der Waals surface area contributed by atoms with E-state index in [1.54, 1.807) is 7.11 Å². The second-order valence-corrected chi connectivity index (χ2v) is 10.2. The largest absolute Gasteiger partial charge is 0.496 e. The second-order valence-electron chi connectivity index (χ2n) is 10.2. The molecule has 3 N–H and O–H groups in total. The fraction of sp³-hybridized carbons (Fsp3) is 0.538. The number of rotatable bonds is 10. The molecule has 4 heterocycles. The minimum atomic E-state index is 0.298. The van der Waals surface area contributed by atoms with Gasteiger partial charge in [-0.3, -0.25) is 4.90 Å². The Labute approximate surface area is 202 Å². The maximum absolute atomic E-state index is 5.97. The topological polar surface area (TPSA) is 84.5 Å². The molecule has 182 valence electrons. The zero-order valence-electron chi connectivity index (χ0n) is 20.7. The number of hydrogen-bond donors (Lipinski definition) is 2. The van der Waals surface area contributed by atoms with E-state index in [0.717, 1.165) is 47.7 Å². The summed E-state index contributed by atoms with van der Waals surface area (Å²) in [5.74, 6) is 2.02. The fourth-order valence-corrected chi connectivity index (χ4v) is 5.73. The average Bonchev–Trinajstić information content (AvgIpc) is 3.17. The molecule has 34 heavy (non-hydrogen) atoms. The summed E-state index contributed by atoms with van der Waals surface area (Å²) < 4.78 is 7.98. The summed E-state index contributed by atoms with van der Waals surface area (Å²) in [5.41, 5.74) is 10.8. The molecule has 1 aromatic carbocycles. The molecule has 0 atom stereocenters. The first-order valence-corrected chi connectivity index (χ1v) is 12.4. The lowest BCUT2D eigenvalue weighted by molar-refractivity contribution is -0.107. The van der Waals surface area contributed by atoms with Crippen LogP contribution in [0.4, 0.5) is 11.8 Å². The van der Waals surface area contributed by atoms with E-state index in [2.05, 4.69) is 68.0 Å². The van der Waals surface area contributed by atoms with Gasteiger partial charge in [0.1, 0.15) is 11.3 Å². The highest BCUT2D eigenvalue weighted by Crippen LogP contribution is 2.39. The molecular formula is C26H37N7O. The molecule has 2 aromatic heterocycles. The summed E-state index contributed by atoms with van der Waals surface area (Å²) >= 11 is 0. The van der Waals surface area contributed by atoms with E-state index >= 15 is 0 Å². The minimum Gasteiger partial charge on any atom is -0.496 e. The van der Waals surface area contributed by atoms with Crippen molar-refractivity contribution in [3.05, 3.63) is 41.6 Å². The van der Waals surface area contributed by atoms with Crippen LogP contribution in [0.5, 0.6) is 5.75 Å². The summed E-state index contributed by atoms with van der Waals surface area (Å²) in [6.07, 6.45) is 5.53. The molecule has 2 aliphatic heterocycles. The molecule has 2 aliphatic rings. The molecule has 0 unspecified atom stereocenters. The van der Waals surface area contributed by atoms with Gasteiger partial charge in [0.15, 0.2) is 5.82 Å². The average molecular weight is 464 g/mol. The molecule has 8 nitrogen and oxygen atoms in total. The van der Waals surface area contributed by atoms with Crippen LogP contribution in [0, 0.1) is 5.41 Å². The van der Waals surface area contributed by atoms with Crippen molar-refractivity contribution in [2.45, 2.75) is 39.3 Å². The molecule has 0 aliphatic carbocycles. The van der Waals surface area contributed by atoms with E-state index in [0.29, 0.717) is 17.9 Å². The number of nitrogens with one attached hydrogen (secondary N) is 1. The van der Waals surface area contributed by atoms with Gasteiger partial charge in [-0.15, -0.1) is 0 Å². The number of anilines is 2. The number of hydrogen-bond acceptors (Lipinski definition) is 7. The van der Waals surface area contributed by atoms with Crippen LogP contribution in [-0.4, -0.2) is 71.2 Å². The highest BCUT2D eigenvalue weighted by molar-refractivity contribution is 5.87. The molecular weight excluding hydrogens is 426 g/mol. The zero-order valence-corrected chi connectivity index (χ0v) is 20.7. The van der Waals surface area contributed by atoms with Gasteiger partial charge in [0.2, 0.25) is 5.95 Å². The first-order chi connectivity index (χ1) is 16.5. The summed E-state index contributed by atoms with van der Waals surface area (Å²) in [7, 11) is 3.96. The molecule has 0 radical (unpaired) electrons. The molecule has 2 fully saturated rings. The van der Waals surface area contributed by atoms with Crippen LogP contribution in [-0.2, 0) is 13.1 Å². The van der Waals surface area contributed by atoms with Crippen molar-refractivity contribution in [3.8, 4) is 5.75 Å². The van der Waals surface area contributed by atoms with Crippen LogP contribution in [0.15, 0.2) is 30.5 Å². The number of likely N-dealkylation sites (tertiary alicyclic amines) is 2. The van der Waals surface area contributed by atoms with Gasteiger partial charge in [0, 0.05) is 56.4 Å². The third kappa shape index (κ3) is 4.57. The SMILES string of the molecule is CCCCCNc1nc(N)nc2ccn(Cc3ccc(CN4CC5(CN(C)C5)C4)cc3OC)c12. The Bertz CT molecular complexity index is 1140. The maximum atomic E-state index is 5.97. The van der Waals surface area contributed by atoms with E-state index in [-0.39, 0.29) is 0 Å². The van der Waals surface area contributed by atoms with Crippen LogP contribution in [0.3, 0.4) is 0 Å². The normalized spacial score (nSPS) is 17.6. The summed E-state index contributed by atoms with van der Waals surface area (Å²) in [6.45, 7) is 9.62. The van der Waals surface area contributed by atoms with Gasteiger partial charge in [-0.05, 0) is 31.2 Å². The molecule has 2 saturated heterocycles. The standard InChI is InChI=1S/C26H37N7O/c1-4-5-6-10-28-24-23-21(29-25(27)30-24)9-11-33(23)14-20-8-7-19(12-22(20)34-3)13-32-17-26(18-32)15-31(2)16-26/h7-9,11-12H,4-6,10,13-18H2,1-3H3,(H3,27,28,29,30). The summed E-state index contributed by atoms with van der Waals surface area (Å²) in [4.78, 5) is 13.9. The van der Waals surface area contributed by atoms with Crippen LogP contribution < -0.4 is 15.8 Å². The van der Waals surface area contributed by atoms with Gasteiger partial charge in [0.05, 0.1) is 19.2 Å². The number of nitrogens with zero attached hydrogens (tertiary/aromatic N) is 5. The minimum absolute atomic E-state index is 0.298. The lowest BCUT2D eigenvalue weighted by atomic mass is 9.73. The predicted octanol–water partition coefficient (Wildman–Crippen LogP) is 3.42. The van der Waals surface area contributed by atoms with E-state index in [1.165, 1.54) is 44.6 Å². The Morgan fingerprint density at radius 3 is 2.65 bits per heavy atom. The Hall–Kier alpha value is -2.84. The van der Waals surface area contributed by atoms with Gasteiger partial charge >= 0.3 is 0 Å². The van der Waals surface area contributed by atoms with Gasteiger partial charge in [-0.2, -0.15) is 4.98 Å². The number of nitrogens with two attached hydrogens (primary N) is 1. The van der Waals surface area contributed by atoms with Crippen LogP contribution >= 0.6 is 0 Å². The number of benzene rings is 1. The van der Waals surface area contributed by atoms with Crippen molar-refractivity contribution in [2.24, 2.45) is 5.41 Å². The summed E-state index contributed by atoms with van der Waals surface area (Å²) in [6, 6.07) is 8.62. The molecule has 1 spiro atoms.